The summed E-state index contributed by atoms with van der Waals surface area (Å²) in [4.78, 5) is 2.51. The summed E-state index contributed by atoms with van der Waals surface area (Å²) in [5, 5.41) is 0. The van der Waals surface area contributed by atoms with Gasteiger partial charge < -0.3 is 10.5 Å². The third-order valence-electron chi connectivity index (χ3n) is 4.08. The summed E-state index contributed by atoms with van der Waals surface area (Å²) in [5.41, 5.74) is 7.66. The van der Waals surface area contributed by atoms with Crippen LogP contribution < -0.4 is 5.73 Å². The lowest BCUT2D eigenvalue weighted by Gasteiger charge is -2.46. The minimum Gasteiger partial charge on any atom is -0.370 e. The Kier molecular flexibility index (Phi) is 4.84. The Hall–Kier alpha value is -0.900. The summed E-state index contributed by atoms with van der Waals surface area (Å²) in [6, 6.07) is 10.8. The van der Waals surface area contributed by atoms with E-state index in [4.69, 9.17) is 10.5 Å². The Morgan fingerprint density at radius 2 is 2.00 bits per heavy atom. The summed E-state index contributed by atoms with van der Waals surface area (Å²) >= 11 is 0. The van der Waals surface area contributed by atoms with Crippen LogP contribution in [0.3, 0.4) is 0 Å². The van der Waals surface area contributed by atoms with Gasteiger partial charge in [0.05, 0.1) is 11.7 Å². The van der Waals surface area contributed by atoms with Gasteiger partial charge >= 0.3 is 0 Å². The molecule has 1 saturated heterocycles. The maximum Gasteiger partial charge on any atom is 0.0757 e. The van der Waals surface area contributed by atoms with Crippen LogP contribution in [-0.2, 0) is 4.74 Å². The second kappa shape index (κ2) is 6.25. The normalized spacial score (nSPS) is 26.1. The van der Waals surface area contributed by atoms with Crippen molar-refractivity contribution in [3.63, 3.8) is 0 Å². The average molecular weight is 276 g/mol. The highest BCUT2D eigenvalue weighted by molar-refractivity contribution is 5.20. The molecule has 2 rings (SSSR count). The Bertz CT molecular complexity index is 418. The first-order valence-electron chi connectivity index (χ1n) is 7.65. The van der Waals surface area contributed by atoms with Crippen molar-refractivity contribution in [2.24, 2.45) is 5.73 Å². The van der Waals surface area contributed by atoms with Crippen molar-refractivity contribution in [3.05, 3.63) is 35.9 Å². The van der Waals surface area contributed by atoms with Crippen molar-refractivity contribution >= 4 is 0 Å². The van der Waals surface area contributed by atoms with Crippen LogP contribution >= 0.6 is 0 Å². The molecule has 0 bridgehead atoms. The van der Waals surface area contributed by atoms with Crippen LogP contribution in [0.5, 0.6) is 0 Å². The zero-order valence-corrected chi connectivity index (χ0v) is 13.2. The lowest BCUT2D eigenvalue weighted by atomic mass is 9.94. The summed E-state index contributed by atoms with van der Waals surface area (Å²) in [7, 11) is 0. The molecule has 3 nitrogen and oxygen atoms in total. The van der Waals surface area contributed by atoms with E-state index < -0.39 is 0 Å². The fraction of sp³-hybridized carbons (Fsp3) is 0.647. The average Bonchev–Trinajstić information content (AvgIpc) is 2.38. The molecule has 0 aromatic heterocycles. The highest BCUT2D eigenvalue weighted by Crippen LogP contribution is 2.28. The topological polar surface area (TPSA) is 38.5 Å². The van der Waals surface area contributed by atoms with Gasteiger partial charge in [-0.15, -0.1) is 0 Å². The largest absolute Gasteiger partial charge is 0.370 e. The van der Waals surface area contributed by atoms with Crippen molar-refractivity contribution in [1.82, 2.24) is 4.90 Å². The van der Waals surface area contributed by atoms with E-state index in [1.54, 1.807) is 0 Å². The first kappa shape index (κ1) is 15.5. The number of benzene rings is 1. The summed E-state index contributed by atoms with van der Waals surface area (Å²) in [6.45, 7) is 10.6. The van der Waals surface area contributed by atoms with E-state index in [0.29, 0.717) is 6.04 Å². The van der Waals surface area contributed by atoms with E-state index >= 15 is 0 Å². The van der Waals surface area contributed by atoms with E-state index in [9.17, 15) is 0 Å². The second-order valence-corrected chi connectivity index (χ2v) is 6.53. The smallest absolute Gasteiger partial charge is 0.0757 e. The van der Waals surface area contributed by atoms with Gasteiger partial charge in [-0.25, -0.2) is 0 Å². The van der Waals surface area contributed by atoms with Crippen molar-refractivity contribution in [2.75, 3.05) is 13.1 Å². The van der Waals surface area contributed by atoms with Crippen LogP contribution in [0.15, 0.2) is 30.3 Å². The zero-order chi connectivity index (χ0) is 14.8. The molecule has 0 amide bonds. The molecule has 0 radical (unpaired) electrons. The predicted molar refractivity (Wildman–Crippen MR) is 83.6 cm³/mol. The number of hydrogen-bond acceptors (Lipinski definition) is 3. The maximum absolute atomic E-state index is 6.53. The molecule has 3 atom stereocenters. The lowest BCUT2D eigenvalue weighted by molar-refractivity contribution is -0.140. The molecule has 1 heterocycles. The third kappa shape index (κ3) is 3.60. The molecule has 0 saturated carbocycles. The SMILES string of the molecule is CCC(C(N)c1ccccc1)N1CC(C)OC(C)(C)C1. The molecule has 0 aliphatic carbocycles. The Balaban J connectivity index is 2.15. The Morgan fingerprint density at radius 3 is 2.55 bits per heavy atom. The third-order valence-corrected chi connectivity index (χ3v) is 4.08. The molecule has 1 aromatic carbocycles. The van der Waals surface area contributed by atoms with Crippen molar-refractivity contribution < 1.29 is 4.74 Å². The molecule has 1 fully saturated rings. The van der Waals surface area contributed by atoms with Crippen LogP contribution in [0.4, 0.5) is 0 Å². The van der Waals surface area contributed by atoms with E-state index in [1.807, 2.05) is 6.07 Å². The molecule has 1 aliphatic heterocycles. The molecule has 0 spiro atoms. The predicted octanol–water partition coefficient (Wildman–Crippen LogP) is 2.96. The number of rotatable bonds is 4. The summed E-state index contributed by atoms with van der Waals surface area (Å²) in [5.74, 6) is 0. The minimum absolute atomic E-state index is 0.0577. The van der Waals surface area contributed by atoms with Gasteiger partial charge in [-0.2, -0.15) is 0 Å². The molecule has 20 heavy (non-hydrogen) atoms. The summed E-state index contributed by atoms with van der Waals surface area (Å²) in [6.07, 6.45) is 1.31. The number of nitrogens with two attached hydrogens (primary N) is 1. The van der Waals surface area contributed by atoms with Crippen molar-refractivity contribution in [3.8, 4) is 0 Å². The number of morpholine rings is 1. The van der Waals surface area contributed by atoms with Crippen molar-refractivity contribution in [1.29, 1.82) is 0 Å². The summed E-state index contributed by atoms with van der Waals surface area (Å²) < 4.78 is 6.00. The minimum atomic E-state index is -0.0957. The molecule has 2 N–H and O–H groups in total. The molecule has 1 aromatic rings. The second-order valence-electron chi connectivity index (χ2n) is 6.53. The van der Waals surface area contributed by atoms with Crippen LogP contribution in [-0.4, -0.2) is 35.7 Å². The van der Waals surface area contributed by atoms with E-state index in [0.717, 1.165) is 19.5 Å². The molecular weight excluding hydrogens is 248 g/mol. The molecule has 3 unspecified atom stereocenters. The molecule has 1 aliphatic rings. The van der Waals surface area contributed by atoms with E-state index in [1.165, 1.54) is 5.56 Å². The van der Waals surface area contributed by atoms with Gasteiger partial charge in [-0.05, 0) is 32.8 Å². The van der Waals surface area contributed by atoms with Gasteiger partial charge in [0.1, 0.15) is 0 Å². The van der Waals surface area contributed by atoms with Gasteiger partial charge in [-0.3, -0.25) is 4.90 Å². The van der Waals surface area contributed by atoms with Gasteiger partial charge in [0.25, 0.3) is 0 Å². The van der Waals surface area contributed by atoms with Crippen LogP contribution in [0, 0.1) is 0 Å². The van der Waals surface area contributed by atoms with E-state index in [2.05, 4.69) is 56.9 Å². The van der Waals surface area contributed by atoms with Crippen LogP contribution in [0.25, 0.3) is 0 Å². The van der Waals surface area contributed by atoms with Crippen LogP contribution in [0.1, 0.15) is 45.7 Å². The Morgan fingerprint density at radius 1 is 1.35 bits per heavy atom. The molecule has 112 valence electrons. The van der Waals surface area contributed by atoms with E-state index in [-0.39, 0.29) is 17.7 Å². The number of nitrogens with zero attached hydrogens (tertiary/aromatic N) is 1. The monoisotopic (exact) mass is 276 g/mol. The molecule has 3 heteroatoms. The van der Waals surface area contributed by atoms with Crippen LogP contribution in [0.2, 0.25) is 0 Å². The molecular formula is C17H28N2O. The number of ether oxygens (including phenoxy) is 1. The van der Waals surface area contributed by atoms with Crippen molar-refractivity contribution in [2.45, 2.75) is 57.9 Å². The highest BCUT2D eigenvalue weighted by Gasteiger charge is 2.36. The van der Waals surface area contributed by atoms with Gasteiger partial charge in [0.2, 0.25) is 0 Å². The maximum atomic E-state index is 6.53. The van der Waals surface area contributed by atoms with Gasteiger partial charge in [0, 0.05) is 25.2 Å². The fourth-order valence-electron chi connectivity index (χ4n) is 3.39. The van der Waals surface area contributed by atoms with Gasteiger partial charge in [0.15, 0.2) is 0 Å². The van der Waals surface area contributed by atoms with Gasteiger partial charge in [-0.1, -0.05) is 37.3 Å². The lowest BCUT2D eigenvalue weighted by Crippen LogP contribution is -2.57. The highest BCUT2D eigenvalue weighted by atomic mass is 16.5. The standard InChI is InChI=1S/C17H28N2O/c1-5-15(16(18)14-9-7-6-8-10-14)19-11-13(2)20-17(3,4)12-19/h6-10,13,15-16H,5,11-12,18H2,1-4H3. The Labute approximate surface area is 123 Å². The fourth-order valence-corrected chi connectivity index (χ4v) is 3.39. The zero-order valence-electron chi connectivity index (χ0n) is 13.2. The number of hydrogen-bond donors (Lipinski definition) is 1. The first-order chi connectivity index (χ1) is 9.43. The quantitative estimate of drug-likeness (QED) is 0.919. The first-order valence-corrected chi connectivity index (χ1v) is 7.65.